The van der Waals surface area contributed by atoms with E-state index in [2.05, 4.69) is 16.6 Å². The van der Waals surface area contributed by atoms with Gasteiger partial charge in [0.15, 0.2) is 0 Å². The van der Waals surface area contributed by atoms with Gasteiger partial charge in [-0.2, -0.15) is 0 Å². The van der Waals surface area contributed by atoms with Crippen molar-refractivity contribution in [3.05, 3.63) is 65.2 Å². The highest BCUT2D eigenvalue weighted by molar-refractivity contribution is 5.99. The Hall–Kier alpha value is -3.79. The van der Waals surface area contributed by atoms with Crippen LogP contribution in [-0.4, -0.2) is 40.0 Å². The monoisotopic (exact) mass is 533 g/mol. The van der Waals surface area contributed by atoms with Gasteiger partial charge in [-0.1, -0.05) is 56.5 Å². The van der Waals surface area contributed by atoms with Crippen molar-refractivity contribution in [2.45, 2.75) is 92.0 Å². The Kier molecular flexibility index (Phi) is 10.3. The first-order chi connectivity index (χ1) is 18.1. The number of aryl methyl sites for hydroxylation is 1. The molecular weight excluding hydrogens is 490 g/mol. The summed E-state index contributed by atoms with van der Waals surface area (Å²) in [5.74, 6) is 1.61. The van der Waals surface area contributed by atoms with Gasteiger partial charge >= 0.3 is 6.09 Å². The lowest BCUT2D eigenvalue weighted by molar-refractivity contribution is -0.147. The number of carbonyl (C=O) groups excluding carboxylic acids is 3. The fourth-order valence-corrected chi connectivity index (χ4v) is 4.21. The Bertz CT molecular complexity index is 1200. The standard InChI is InChI=1S/C32H43N3O4/c1-11-21(3)26(34-30(38)39-32(8,9)10)29(37)35(31(5,6)7)27(24-19-17-23(12-2)18-20-24)28(36)33-25-16-14-13-15-22(25)4/h2,13-21,26-27H,11H2,1,3-10H3,(H,33,36)(H,34,38). The Morgan fingerprint density at radius 3 is 2.08 bits per heavy atom. The molecule has 2 N–H and O–H groups in total. The molecule has 0 bridgehead atoms. The van der Waals surface area contributed by atoms with Crippen LogP contribution in [0.2, 0.25) is 0 Å². The number of ether oxygens (including phenoxy) is 1. The molecular formula is C32H43N3O4. The minimum Gasteiger partial charge on any atom is -0.444 e. The van der Waals surface area contributed by atoms with Gasteiger partial charge in [0.05, 0.1) is 0 Å². The number of rotatable bonds is 8. The number of hydrogen-bond acceptors (Lipinski definition) is 4. The van der Waals surface area contributed by atoms with Crippen LogP contribution in [0.5, 0.6) is 0 Å². The van der Waals surface area contributed by atoms with Gasteiger partial charge in [-0.25, -0.2) is 4.79 Å². The molecule has 3 unspecified atom stereocenters. The van der Waals surface area contributed by atoms with Crippen molar-refractivity contribution in [1.29, 1.82) is 0 Å². The molecule has 7 heteroatoms. The molecule has 7 nitrogen and oxygen atoms in total. The van der Waals surface area contributed by atoms with Crippen LogP contribution in [0.1, 0.15) is 84.5 Å². The molecule has 0 aliphatic rings. The third kappa shape index (κ3) is 8.61. The highest BCUT2D eigenvalue weighted by Crippen LogP contribution is 2.32. The maximum absolute atomic E-state index is 14.4. The van der Waals surface area contributed by atoms with E-state index >= 15 is 0 Å². The summed E-state index contributed by atoms with van der Waals surface area (Å²) in [5.41, 5.74) is 1.28. The second-order valence-corrected chi connectivity index (χ2v) is 11.9. The van der Waals surface area contributed by atoms with Crippen molar-refractivity contribution < 1.29 is 19.1 Å². The molecule has 0 saturated heterocycles. The van der Waals surface area contributed by atoms with Crippen molar-refractivity contribution >= 4 is 23.6 Å². The number of carbonyl (C=O) groups is 3. The van der Waals surface area contributed by atoms with Crippen LogP contribution in [0.15, 0.2) is 48.5 Å². The van der Waals surface area contributed by atoms with E-state index in [1.54, 1.807) is 49.9 Å². The van der Waals surface area contributed by atoms with Crippen molar-refractivity contribution in [3.8, 4) is 12.3 Å². The minimum atomic E-state index is -1.00. The van der Waals surface area contributed by atoms with E-state index < -0.39 is 29.3 Å². The third-order valence-electron chi connectivity index (χ3n) is 6.41. The fraction of sp³-hybridized carbons (Fsp3) is 0.469. The van der Waals surface area contributed by atoms with Crippen LogP contribution in [0.3, 0.4) is 0 Å². The van der Waals surface area contributed by atoms with E-state index in [1.807, 2.05) is 65.8 Å². The summed E-state index contributed by atoms with van der Waals surface area (Å²) < 4.78 is 5.47. The average Bonchev–Trinajstić information content (AvgIpc) is 2.84. The molecule has 2 rings (SSSR count). The molecule has 0 heterocycles. The molecule has 2 aromatic carbocycles. The largest absolute Gasteiger partial charge is 0.444 e. The second kappa shape index (κ2) is 12.8. The number of benzene rings is 2. The van der Waals surface area contributed by atoms with Crippen LogP contribution >= 0.6 is 0 Å². The van der Waals surface area contributed by atoms with E-state index in [0.717, 1.165) is 5.56 Å². The van der Waals surface area contributed by atoms with Gasteiger partial charge < -0.3 is 20.3 Å². The van der Waals surface area contributed by atoms with Gasteiger partial charge in [0.25, 0.3) is 5.91 Å². The maximum atomic E-state index is 14.4. The zero-order valence-electron chi connectivity index (χ0n) is 24.7. The molecule has 39 heavy (non-hydrogen) atoms. The van der Waals surface area contributed by atoms with Gasteiger partial charge in [0, 0.05) is 16.8 Å². The molecule has 2 aromatic rings. The molecule has 3 atom stereocenters. The number of nitrogens with one attached hydrogen (secondary N) is 2. The van der Waals surface area contributed by atoms with Crippen molar-refractivity contribution in [3.63, 3.8) is 0 Å². The molecule has 0 saturated carbocycles. The van der Waals surface area contributed by atoms with Crippen LogP contribution in [0.4, 0.5) is 10.5 Å². The summed E-state index contributed by atoms with van der Waals surface area (Å²) in [6.07, 6.45) is 5.50. The summed E-state index contributed by atoms with van der Waals surface area (Å²) >= 11 is 0. The first-order valence-corrected chi connectivity index (χ1v) is 13.3. The quantitative estimate of drug-likeness (QED) is 0.394. The zero-order chi connectivity index (χ0) is 29.5. The van der Waals surface area contributed by atoms with Gasteiger partial charge in [-0.3, -0.25) is 9.59 Å². The van der Waals surface area contributed by atoms with Crippen LogP contribution < -0.4 is 10.6 Å². The molecule has 0 radical (unpaired) electrons. The number of alkyl carbamates (subject to hydrolysis) is 1. The molecule has 0 spiro atoms. The smallest absolute Gasteiger partial charge is 0.408 e. The summed E-state index contributed by atoms with van der Waals surface area (Å²) in [7, 11) is 0. The lowest BCUT2D eigenvalue weighted by atomic mass is 9.91. The number of hydrogen-bond donors (Lipinski definition) is 2. The average molecular weight is 534 g/mol. The van der Waals surface area contributed by atoms with E-state index in [-0.39, 0.29) is 17.7 Å². The zero-order valence-corrected chi connectivity index (χ0v) is 24.7. The van der Waals surface area contributed by atoms with Crippen molar-refractivity contribution in [2.24, 2.45) is 5.92 Å². The Balaban J connectivity index is 2.64. The number of terminal acetylenes is 1. The fourth-order valence-electron chi connectivity index (χ4n) is 4.21. The van der Waals surface area contributed by atoms with Crippen molar-refractivity contribution in [2.75, 3.05) is 5.32 Å². The summed E-state index contributed by atoms with van der Waals surface area (Å²) in [5, 5.41) is 5.80. The number of nitrogens with zero attached hydrogens (tertiary/aromatic N) is 1. The number of anilines is 1. The third-order valence-corrected chi connectivity index (χ3v) is 6.41. The Morgan fingerprint density at radius 2 is 1.59 bits per heavy atom. The molecule has 0 fully saturated rings. The molecule has 3 amide bonds. The minimum absolute atomic E-state index is 0.223. The summed E-state index contributed by atoms with van der Waals surface area (Å²) in [6.45, 7) is 16.7. The van der Waals surface area contributed by atoms with Gasteiger partial charge in [0.1, 0.15) is 17.7 Å². The van der Waals surface area contributed by atoms with Crippen molar-refractivity contribution in [1.82, 2.24) is 10.2 Å². The first kappa shape index (κ1) is 31.4. The second-order valence-electron chi connectivity index (χ2n) is 11.9. The van der Waals surface area contributed by atoms with Gasteiger partial charge in [0.2, 0.25) is 5.91 Å². The van der Waals surface area contributed by atoms with Crippen LogP contribution in [-0.2, 0) is 14.3 Å². The summed E-state index contributed by atoms with van der Waals surface area (Å²) in [6, 6.07) is 12.6. The van der Waals surface area contributed by atoms with E-state index in [1.165, 1.54) is 0 Å². The molecule has 0 aliphatic carbocycles. The van der Waals surface area contributed by atoms with Gasteiger partial charge in [-0.15, -0.1) is 6.42 Å². The topological polar surface area (TPSA) is 87.7 Å². The SMILES string of the molecule is C#Cc1ccc(C(C(=O)Nc2ccccc2C)N(C(=O)C(NC(=O)OC(C)(C)C)C(C)CC)C(C)(C)C)cc1. The first-order valence-electron chi connectivity index (χ1n) is 13.3. The lowest BCUT2D eigenvalue weighted by Crippen LogP contribution is -2.59. The summed E-state index contributed by atoms with van der Waals surface area (Å²) in [4.78, 5) is 42.8. The van der Waals surface area contributed by atoms with E-state index in [0.29, 0.717) is 23.2 Å². The molecule has 210 valence electrons. The lowest BCUT2D eigenvalue weighted by Gasteiger charge is -2.44. The highest BCUT2D eigenvalue weighted by Gasteiger charge is 2.43. The Morgan fingerprint density at radius 1 is 1.00 bits per heavy atom. The van der Waals surface area contributed by atoms with E-state index in [4.69, 9.17) is 11.2 Å². The predicted molar refractivity (Wildman–Crippen MR) is 156 cm³/mol. The van der Waals surface area contributed by atoms with E-state index in [9.17, 15) is 14.4 Å². The molecule has 0 aliphatic heterocycles. The Labute approximate surface area is 233 Å². The molecule has 0 aromatic heterocycles. The van der Waals surface area contributed by atoms with Crippen LogP contribution in [0.25, 0.3) is 0 Å². The van der Waals surface area contributed by atoms with Crippen LogP contribution in [0, 0.1) is 25.2 Å². The number of para-hydroxylation sites is 1. The number of amides is 3. The normalized spacial score (nSPS) is 13.8. The maximum Gasteiger partial charge on any atom is 0.408 e. The van der Waals surface area contributed by atoms with Gasteiger partial charge in [-0.05, 0) is 83.7 Å². The predicted octanol–water partition coefficient (Wildman–Crippen LogP) is 6.22. The highest BCUT2D eigenvalue weighted by atomic mass is 16.6.